The second kappa shape index (κ2) is 4.13. The highest BCUT2D eigenvalue weighted by molar-refractivity contribution is 5.89. The molecule has 3 rings (SSSR count). The van der Waals surface area contributed by atoms with E-state index < -0.39 is 0 Å². The van der Waals surface area contributed by atoms with E-state index in [4.69, 9.17) is 0 Å². The van der Waals surface area contributed by atoms with E-state index in [1.165, 1.54) is 34.1 Å². The predicted octanol–water partition coefficient (Wildman–Crippen LogP) is 3.18. The fourth-order valence-electron chi connectivity index (χ4n) is 3.41. The maximum absolute atomic E-state index is 3.49. The lowest BCUT2D eigenvalue weighted by atomic mass is 9.94. The Hall–Kier alpha value is -1.28. The third-order valence-corrected chi connectivity index (χ3v) is 4.69. The molecule has 0 saturated carbocycles. The van der Waals surface area contributed by atoms with Gasteiger partial charge in [0, 0.05) is 24.7 Å². The van der Waals surface area contributed by atoms with Gasteiger partial charge in [-0.2, -0.15) is 0 Å². The van der Waals surface area contributed by atoms with Crippen molar-refractivity contribution in [3.63, 3.8) is 0 Å². The van der Waals surface area contributed by atoms with Crippen LogP contribution in [-0.2, 0) is 7.05 Å². The number of fused-ring (bicyclic) bond motifs is 1. The van der Waals surface area contributed by atoms with E-state index in [0.29, 0.717) is 5.92 Å². The third-order valence-electron chi connectivity index (χ3n) is 4.69. The number of hydrogen-bond donors (Lipinski definition) is 1. The summed E-state index contributed by atoms with van der Waals surface area (Å²) >= 11 is 0. The van der Waals surface area contributed by atoms with E-state index in [2.05, 4.69) is 49.8 Å². The normalized spacial score (nSPS) is 19.9. The average Bonchev–Trinajstić information content (AvgIpc) is 2.93. The van der Waals surface area contributed by atoms with Crippen molar-refractivity contribution in [2.24, 2.45) is 7.05 Å². The molecule has 0 aliphatic carbocycles. The third kappa shape index (κ3) is 1.52. The molecule has 1 N–H and O–H groups in total. The number of benzene rings is 1. The van der Waals surface area contributed by atoms with Gasteiger partial charge in [-0.25, -0.2) is 0 Å². The summed E-state index contributed by atoms with van der Waals surface area (Å²) in [4.78, 5) is 0. The zero-order valence-corrected chi connectivity index (χ0v) is 11.8. The molecule has 2 heterocycles. The summed E-state index contributed by atoms with van der Waals surface area (Å²) in [5.41, 5.74) is 7.25. The minimum Gasteiger partial charge on any atom is -0.347 e. The predicted molar refractivity (Wildman–Crippen MR) is 77.4 cm³/mol. The fraction of sp³-hybridized carbons (Fsp3) is 0.500. The van der Waals surface area contributed by atoms with Gasteiger partial charge >= 0.3 is 0 Å². The molecule has 1 aromatic carbocycles. The second-order valence-corrected chi connectivity index (χ2v) is 5.65. The molecule has 1 unspecified atom stereocenters. The van der Waals surface area contributed by atoms with Crippen LogP contribution in [0, 0.1) is 20.8 Å². The molecule has 2 aromatic rings. The molecule has 1 aliphatic heterocycles. The van der Waals surface area contributed by atoms with Crippen molar-refractivity contribution in [2.75, 3.05) is 13.1 Å². The molecule has 1 aromatic heterocycles. The highest BCUT2D eigenvalue weighted by atomic mass is 15.0. The minimum atomic E-state index is 0.691. The lowest BCUT2D eigenvalue weighted by Gasteiger charge is -2.09. The van der Waals surface area contributed by atoms with Gasteiger partial charge in [-0.1, -0.05) is 12.1 Å². The number of aryl methyl sites for hydroxylation is 3. The van der Waals surface area contributed by atoms with Crippen LogP contribution in [0.3, 0.4) is 0 Å². The number of rotatable bonds is 1. The van der Waals surface area contributed by atoms with Crippen molar-refractivity contribution in [3.05, 3.63) is 34.5 Å². The van der Waals surface area contributed by atoms with Crippen LogP contribution in [0.15, 0.2) is 12.1 Å². The summed E-state index contributed by atoms with van der Waals surface area (Å²) in [7, 11) is 2.20. The monoisotopic (exact) mass is 242 g/mol. The van der Waals surface area contributed by atoms with Crippen LogP contribution in [0.2, 0.25) is 0 Å². The molecule has 0 spiro atoms. The molecule has 0 amide bonds. The number of nitrogens with one attached hydrogen (secondary N) is 1. The molecule has 0 bridgehead atoms. The Kier molecular flexibility index (Phi) is 2.70. The summed E-state index contributed by atoms with van der Waals surface area (Å²) in [6.45, 7) is 9.00. The van der Waals surface area contributed by atoms with E-state index in [1.807, 2.05) is 0 Å². The first-order chi connectivity index (χ1) is 8.61. The molecule has 1 saturated heterocycles. The van der Waals surface area contributed by atoms with Gasteiger partial charge in [0.2, 0.25) is 0 Å². The Balaban J connectivity index is 2.32. The number of nitrogens with zero attached hydrogens (tertiary/aromatic N) is 1. The van der Waals surface area contributed by atoms with E-state index in [0.717, 1.165) is 13.1 Å². The fourth-order valence-corrected chi connectivity index (χ4v) is 3.41. The van der Waals surface area contributed by atoms with Gasteiger partial charge in [0.25, 0.3) is 0 Å². The molecule has 2 heteroatoms. The quantitative estimate of drug-likeness (QED) is 0.812. The Labute approximate surface area is 109 Å². The Bertz CT molecular complexity index is 601. The van der Waals surface area contributed by atoms with Crippen molar-refractivity contribution < 1.29 is 0 Å². The van der Waals surface area contributed by atoms with Crippen LogP contribution >= 0.6 is 0 Å². The van der Waals surface area contributed by atoms with E-state index in [-0.39, 0.29) is 0 Å². The lowest BCUT2D eigenvalue weighted by molar-refractivity contribution is 0.751. The van der Waals surface area contributed by atoms with Gasteiger partial charge in [0.15, 0.2) is 0 Å². The van der Waals surface area contributed by atoms with E-state index in [1.54, 1.807) is 5.56 Å². The van der Waals surface area contributed by atoms with Crippen molar-refractivity contribution in [2.45, 2.75) is 33.1 Å². The van der Waals surface area contributed by atoms with Gasteiger partial charge in [-0.3, -0.25) is 0 Å². The van der Waals surface area contributed by atoms with Crippen LogP contribution in [0.25, 0.3) is 10.9 Å². The van der Waals surface area contributed by atoms with Crippen LogP contribution in [0.1, 0.15) is 34.7 Å². The molecular formula is C16H22N2. The molecular weight excluding hydrogens is 220 g/mol. The lowest BCUT2D eigenvalue weighted by Crippen LogP contribution is -2.08. The van der Waals surface area contributed by atoms with Crippen LogP contribution in [0.5, 0.6) is 0 Å². The van der Waals surface area contributed by atoms with Crippen LogP contribution in [-0.4, -0.2) is 17.7 Å². The molecule has 1 aliphatic rings. The van der Waals surface area contributed by atoms with Crippen molar-refractivity contribution >= 4 is 10.9 Å². The molecule has 0 radical (unpaired) electrons. The van der Waals surface area contributed by atoms with Crippen LogP contribution in [0.4, 0.5) is 0 Å². The first kappa shape index (κ1) is 11.8. The van der Waals surface area contributed by atoms with Gasteiger partial charge < -0.3 is 9.88 Å². The first-order valence-electron chi connectivity index (χ1n) is 6.87. The summed E-state index contributed by atoms with van der Waals surface area (Å²) < 4.78 is 2.38. The zero-order valence-electron chi connectivity index (χ0n) is 11.8. The zero-order chi connectivity index (χ0) is 12.9. The van der Waals surface area contributed by atoms with Gasteiger partial charge in [-0.15, -0.1) is 0 Å². The van der Waals surface area contributed by atoms with Crippen molar-refractivity contribution in [1.29, 1.82) is 0 Å². The van der Waals surface area contributed by atoms with Crippen LogP contribution < -0.4 is 5.32 Å². The summed E-state index contributed by atoms with van der Waals surface area (Å²) in [5, 5.41) is 4.95. The molecule has 1 atom stereocenters. The van der Waals surface area contributed by atoms with Gasteiger partial charge in [0.1, 0.15) is 0 Å². The summed E-state index contributed by atoms with van der Waals surface area (Å²) in [6, 6.07) is 4.58. The maximum Gasteiger partial charge on any atom is 0.0515 e. The Morgan fingerprint density at radius 3 is 2.67 bits per heavy atom. The second-order valence-electron chi connectivity index (χ2n) is 5.65. The highest BCUT2D eigenvalue weighted by Crippen LogP contribution is 2.36. The largest absolute Gasteiger partial charge is 0.347 e. The number of hydrogen-bond acceptors (Lipinski definition) is 1. The Morgan fingerprint density at radius 2 is 2.00 bits per heavy atom. The maximum atomic E-state index is 3.49. The first-order valence-corrected chi connectivity index (χ1v) is 6.87. The van der Waals surface area contributed by atoms with Gasteiger partial charge in [-0.05, 0) is 56.3 Å². The van der Waals surface area contributed by atoms with Crippen molar-refractivity contribution in [3.8, 4) is 0 Å². The Morgan fingerprint density at radius 1 is 1.22 bits per heavy atom. The minimum absolute atomic E-state index is 0.691. The summed E-state index contributed by atoms with van der Waals surface area (Å²) in [5.74, 6) is 0.691. The SMILES string of the molecule is Cc1ccc2c(C3CCNC3)c(C)n(C)c2c1C. The standard InChI is InChI=1S/C16H22N2/c1-10-5-6-14-15(13-7-8-17-9-13)12(3)18(4)16(14)11(10)2/h5-6,13,17H,7-9H2,1-4H3. The molecule has 18 heavy (non-hydrogen) atoms. The molecule has 96 valence electrons. The summed E-state index contributed by atoms with van der Waals surface area (Å²) in [6.07, 6.45) is 1.27. The van der Waals surface area contributed by atoms with E-state index >= 15 is 0 Å². The smallest absolute Gasteiger partial charge is 0.0515 e. The van der Waals surface area contributed by atoms with Crippen molar-refractivity contribution in [1.82, 2.24) is 9.88 Å². The molecule has 2 nitrogen and oxygen atoms in total. The number of aromatic nitrogens is 1. The van der Waals surface area contributed by atoms with E-state index in [9.17, 15) is 0 Å². The molecule has 1 fully saturated rings. The van der Waals surface area contributed by atoms with Gasteiger partial charge in [0.05, 0.1) is 5.52 Å². The topological polar surface area (TPSA) is 17.0 Å². The highest BCUT2D eigenvalue weighted by Gasteiger charge is 2.24. The average molecular weight is 242 g/mol.